The summed E-state index contributed by atoms with van der Waals surface area (Å²) in [5.41, 5.74) is 0. The zero-order valence-electron chi connectivity index (χ0n) is 20.1. The van der Waals surface area contributed by atoms with Crippen LogP contribution in [0.25, 0.3) is 0 Å². The van der Waals surface area contributed by atoms with Gasteiger partial charge in [0.05, 0.1) is 0 Å². The van der Waals surface area contributed by atoms with Crippen LogP contribution < -0.4 is 0 Å². The molecule has 3 fully saturated rings. The summed E-state index contributed by atoms with van der Waals surface area (Å²) in [4.78, 5) is 0. The molecule has 3 saturated carbocycles. The van der Waals surface area contributed by atoms with E-state index < -0.39 is 0 Å². The lowest BCUT2D eigenvalue weighted by molar-refractivity contribution is 0.0369. The van der Waals surface area contributed by atoms with Crippen molar-refractivity contribution < 1.29 is 5.11 Å². The highest BCUT2D eigenvalue weighted by atomic mass is 16.2. The van der Waals surface area contributed by atoms with Gasteiger partial charge < -0.3 is 5.11 Å². The second-order valence-electron chi connectivity index (χ2n) is 11.6. The van der Waals surface area contributed by atoms with E-state index in [0.717, 1.165) is 53.8 Å². The second-order valence-corrected chi connectivity index (χ2v) is 11.6. The molecule has 1 nitrogen and oxygen atoms in total. The van der Waals surface area contributed by atoms with E-state index in [4.69, 9.17) is 0 Å². The highest BCUT2D eigenvalue weighted by Crippen LogP contribution is 2.50. The van der Waals surface area contributed by atoms with Crippen LogP contribution in [0.2, 0.25) is 0 Å². The summed E-state index contributed by atoms with van der Waals surface area (Å²) in [5.74, 6) is 8.00. The molecule has 6 unspecified atom stereocenters. The average molecular weight is 405 g/mol. The van der Waals surface area contributed by atoms with E-state index in [-0.39, 0.29) is 0 Å². The summed E-state index contributed by atoms with van der Waals surface area (Å²) in [7, 11) is 0. The van der Waals surface area contributed by atoms with Crippen molar-refractivity contribution in [2.75, 3.05) is 6.61 Å². The topological polar surface area (TPSA) is 20.2 Å². The summed E-state index contributed by atoms with van der Waals surface area (Å²) in [6.07, 6.45) is 23.2. The average Bonchev–Trinajstić information content (AvgIpc) is 2.77. The maximum Gasteiger partial charge on any atom is 0.0431 e. The molecular weight excluding hydrogens is 352 g/mol. The summed E-state index contributed by atoms with van der Waals surface area (Å²) < 4.78 is 0. The molecule has 3 aliphatic rings. The minimum absolute atomic E-state index is 0.387. The van der Waals surface area contributed by atoms with Crippen molar-refractivity contribution in [2.24, 2.45) is 47.3 Å². The molecule has 0 aromatic heterocycles. The lowest BCUT2D eigenvalue weighted by Crippen LogP contribution is -2.37. The molecule has 0 heterocycles. The highest BCUT2D eigenvalue weighted by molar-refractivity contribution is 4.90. The van der Waals surface area contributed by atoms with Crippen molar-refractivity contribution >= 4 is 0 Å². The van der Waals surface area contributed by atoms with Crippen LogP contribution in [0.3, 0.4) is 0 Å². The molecule has 29 heavy (non-hydrogen) atoms. The van der Waals surface area contributed by atoms with Crippen LogP contribution >= 0.6 is 0 Å². The maximum absolute atomic E-state index is 9.21. The molecule has 0 amide bonds. The lowest BCUT2D eigenvalue weighted by Gasteiger charge is -2.46. The molecule has 1 heteroatoms. The van der Waals surface area contributed by atoms with E-state index >= 15 is 0 Å². The van der Waals surface area contributed by atoms with Crippen LogP contribution in [0, 0.1) is 47.3 Å². The molecule has 0 aromatic rings. The zero-order chi connectivity index (χ0) is 20.6. The Kier molecular flexibility index (Phi) is 9.87. The lowest BCUT2D eigenvalue weighted by atomic mass is 9.59. The molecular formula is C28H52O. The molecule has 0 spiro atoms. The Balaban J connectivity index is 1.47. The third kappa shape index (κ3) is 6.72. The SMILES string of the molecule is CCC1CC(CCCO)CCC1C1CCC(CCC2CCC(C)CC2)CC1CC. The normalized spacial score (nSPS) is 41.4. The first-order valence-corrected chi connectivity index (χ1v) is 13.7. The van der Waals surface area contributed by atoms with E-state index in [0.29, 0.717) is 6.61 Å². The second kappa shape index (κ2) is 12.1. The van der Waals surface area contributed by atoms with Gasteiger partial charge in [-0.25, -0.2) is 0 Å². The number of hydrogen-bond acceptors (Lipinski definition) is 1. The largest absolute Gasteiger partial charge is 0.396 e. The van der Waals surface area contributed by atoms with Gasteiger partial charge in [-0.3, -0.25) is 0 Å². The highest BCUT2D eigenvalue weighted by Gasteiger charge is 2.40. The Morgan fingerprint density at radius 3 is 1.62 bits per heavy atom. The molecule has 0 aliphatic heterocycles. The molecule has 0 bridgehead atoms. The van der Waals surface area contributed by atoms with Crippen molar-refractivity contribution in [1.82, 2.24) is 0 Å². The third-order valence-electron chi connectivity index (χ3n) is 9.79. The third-order valence-corrected chi connectivity index (χ3v) is 9.79. The Bertz CT molecular complexity index is 438. The summed E-state index contributed by atoms with van der Waals surface area (Å²) in [6, 6.07) is 0. The smallest absolute Gasteiger partial charge is 0.0431 e. The Morgan fingerprint density at radius 1 is 0.621 bits per heavy atom. The van der Waals surface area contributed by atoms with Crippen molar-refractivity contribution in [3.63, 3.8) is 0 Å². The fourth-order valence-electron chi connectivity index (χ4n) is 7.83. The first kappa shape index (κ1) is 23.6. The standard InChI is InChI=1S/C28H52O/c1-4-25-19-23(7-6-18-29)14-16-27(25)28-17-15-24(20-26(28)5-2)13-12-22-10-8-21(3)9-11-22/h21-29H,4-20H2,1-3H3. The van der Waals surface area contributed by atoms with E-state index in [1.807, 2.05) is 0 Å². The molecule has 3 rings (SSSR count). The predicted molar refractivity (Wildman–Crippen MR) is 126 cm³/mol. The van der Waals surface area contributed by atoms with Gasteiger partial charge in [-0.05, 0) is 85.9 Å². The minimum atomic E-state index is 0.387. The van der Waals surface area contributed by atoms with Crippen LogP contribution in [0.15, 0.2) is 0 Å². The Labute approximate surface area is 182 Å². The Morgan fingerprint density at radius 2 is 1.10 bits per heavy atom. The van der Waals surface area contributed by atoms with E-state index in [2.05, 4.69) is 20.8 Å². The van der Waals surface area contributed by atoms with E-state index in [1.54, 1.807) is 6.42 Å². The van der Waals surface area contributed by atoms with Crippen LogP contribution in [0.4, 0.5) is 0 Å². The summed E-state index contributed by atoms with van der Waals surface area (Å²) in [5, 5.41) is 9.21. The molecule has 1 N–H and O–H groups in total. The van der Waals surface area contributed by atoms with Gasteiger partial charge in [0.25, 0.3) is 0 Å². The maximum atomic E-state index is 9.21. The number of aliphatic hydroxyl groups excluding tert-OH is 1. The monoisotopic (exact) mass is 404 g/mol. The van der Waals surface area contributed by atoms with Crippen LogP contribution in [0.5, 0.6) is 0 Å². The Hall–Kier alpha value is -0.0400. The first-order chi connectivity index (χ1) is 14.1. The van der Waals surface area contributed by atoms with Crippen LogP contribution in [0.1, 0.15) is 124 Å². The van der Waals surface area contributed by atoms with Crippen molar-refractivity contribution in [1.29, 1.82) is 0 Å². The zero-order valence-corrected chi connectivity index (χ0v) is 20.1. The quantitative estimate of drug-likeness (QED) is 0.410. The molecule has 6 atom stereocenters. The molecule has 170 valence electrons. The van der Waals surface area contributed by atoms with Gasteiger partial charge in [-0.2, -0.15) is 0 Å². The minimum Gasteiger partial charge on any atom is -0.396 e. The molecule has 3 aliphatic carbocycles. The van der Waals surface area contributed by atoms with Crippen molar-refractivity contribution in [3.05, 3.63) is 0 Å². The van der Waals surface area contributed by atoms with Gasteiger partial charge in [-0.1, -0.05) is 85.0 Å². The number of aliphatic hydroxyl groups is 1. The van der Waals surface area contributed by atoms with Gasteiger partial charge in [0.2, 0.25) is 0 Å². The fourth-order valence-corrected chi connectivity index (χ4v) is 7.83. The van der Waals surface area contributed by atoms with Gasteiger partial charge in [0.1, 0.15) is 0 Å². The van der Waals surface area contributed by atoms with Crippen molar-refractivity contribution in [2.45, 2.75) is 124 Å². The van der Waals surface area contributed by atoms with Gasteiger partial charge in [0.15, 0.2) is 0 Å². The predicted octanol–water partition coefficient (Wildman–Crippen LogP) is 8.25. The summed E-state index contributed by atoms with van der Waals surface area (Å²) in [6.45, 7) is 7.77. The van der Waals surface area contributed by atoms with Crippen LogP contribution in [-0.4, -0.2) is 11.7 Å². The van der Waals surface area contributed by atoms with Gasteiger partial charge in [0, 0.05) is 6.61 Å². The number of hydrogen-bond donors (Lipinski definition) is 1. The number of rotatable bonds is 9. The molecule has 0 saturated heterocycles. The van der Waals surface area contributed by atoms with E-state index in [1.165, 1.54) is 89.9 Å². The summed E-state index contributed by atoms with van der Waals surface area (Å²) >= 11 is 0. The molecule has 0 aromatic carbocycles. The first-order valence-electron chi connectivity index (χ1n) is 13.7. The van der Waals surface area contributed by atoms with Gasteiger partial charge in [-0.15, -0.1) is 0 Å². The fraction of sp³-hybridized carbons (Fsp3) is 1.00. The van der Waals surface area contributed by atoms with E-state index in [9.17, 15) is 5.11 Å². The molecule has 0 radical (unpaired) electrons. The van der Waals surface area contributed by atoms with Gasteiger partial charge >= 0.3 is 0 Å². The van der Waals surface area contributed by atoms with Crippen molar-refractivity contribution in [3.8, 4) is 0 Å². The van der Waals surface area contributed by atoms with Crippen LogP contribution in [-0.2, 0) is 0 Å².